The molecule has 0 saturated carbocycles. The molecule has 1 aromatic carbocycles. The molecule has 0 spiro atoms. The fourth-order valence-corrected chi connectivity index (χ4v) is 3.84. The van der Waals surface area contributed by atoms with Crippen LogP contribution in [-0.4, -0.2) is 46.5 Å². The summed E-state index contributed by atoms with van der Waals surface area (Å²) in [5.74, 6) is -0.674. The van der Waals surface area contributed by atoms with E-state index in [9.17, 15) is 14.4 Å². The second kappa shape index (κ2) is 13.1. The standard InChI is InChI=1S/C29H49N3O4/c1-12-14-17-32(26(34)23(19(3)13-2)30-27(35)36-29(9,10)11)24(25(33)31-28(6,7)8)22-16-15-20(4)21(5)18-22/h15-16,18-19,23-24H,12-14,17H2,1-11H3,(H,30,35)(H,31,33). The van der Waals surface area contributed by atoms with Gasteiger partial charge in [0.15, 0.2) is 0 Å². The largest absolute Gasteiger partial charge is 0.444 e. The van der Waals surface area contributed by atoms with Crippen LogP contribution in [0.4, 0.5) is 4.79 Å². The average molecular weight is 504 g/mol. The number of aryl methyl sites for hydroxylation is 2. The Morgan fingerprint density at radius 3 is 2.08 bits per heavy atom. The molecule has 7 heteroatoms. The predicted octanol–water partition coefficient (Wildman–Crippen LogP) is 5.83. The normalized spacial score (nSPS) is 14.4. The number of nitrogens with zero attached hydrogens (tertiary/aromatic N) is 1. The van der Waals surface area contributed by atoms with Gasteiger partial charge in [-0.1, -0.05) is 51.8 Å². The molecule has 36 heavy (non-hydrogen) atoms. The molecule has 0 heterocycles. The molecule has 204 valence electrons. The van der Waals surface area contributed by atoms with Gasteiger partial charge in [0.2, 0.25) is 11.8 Å². The fraction of sp³-hybridized carbons (Fsp3) is 0.690. The summed E-state index contributed by atoms with van der Waals surface area (Å²) in [5, 5.41) is 5.88. The zero-order valence-electron chi connectivity index (χ0n) is 24.4. The number of alkyl carbamates (subject to hydrolysis) is 1. The van der Waals surface area contributed by atoms with E-state index in [0.29, 0.717) is 13.0 Å². The molecule has 0 aliphatic heterocycles. The summed E-state index contributed by atoms with van der Waals surface area (Å²) in [5.41, 5.74) is 1.76. The molecular formula is C29H49N3O4. The van der Waals surface area contributed by atoms with Crippen molar-refractivity contribution in [3.8, 4) is 0 Å². The van der Waals surface area contributed by atoms with Gasteiger partial charge in [0.05, 0.1) is 0 Å². The molecule has 0 radical (unpaired) electrons. The van der Waals surface area contributed by atoms with E-state index in [4.69, 9.17) is 4.74 Å². The first kappa shape index (κ1) is 31.5. The highest BCUT2D eigenvalue weighted by Crippen LogP contribution is 2.27. The van der Waals surface area contributed by atoms with Crippen LogP contribution in [0.15, 0.2) is 18.2 Å². The number of carbonyl (C=O) groups is 3. The molecule has 1 aromatic rings. The lowest BCUT2D eigenvalue weighted by Gasteiger charge is -2.37. The summed E-state index contributed by atoms with van der Waals surface area (Å²) in [6, 6.07) is 4.23. The van der Waals surface area contributed by atoms with Gasteiger partial charge in [0.25, 0.3) is 0 Å². The fourth-order valence-electron chi connectivity index (χ4n) is 3.84. The Hall–Kier alpha value is -2.57. The van der Waals surface area contributed by atoms with Crippen LogP contribution in [0, 0.1) is 19.8 Å². The highest BCUT2D eigenvalue weighted by Gasteiger charge is 2.38. The van der Waals surface area contributed by atoms with E-state index < -0.39 is 29.3 Å². The van der Waals surface area contributed by atoms with Crippen molar-refractivity contribution in [2.24, 2.45) is 5.92 Å². The van der Waals surface area contributed by atoms with Crippen molar-refractivity contribution in [3.63, 3.8) is 0 Å². The van der Waals surface area contributed by atoms with E-state index in [-0.39, 0.29) is 17.7 Å². The smallest absolute Gasteiger partial charge is 0.408 e. The third kappa shape index (κ3) is 9.82. The van der Waals surface area contributed by atoms with E-state index in [0.717, 1.165) is 29.5 Å². The molecular weight excluding hydrogens is 454 g/mol. The van der Waals surface area contributed by atoms with Crippen molar-refractivity contribution in [2.45, 2.75) is 119 Å². The molecule has 0 aromatic heterocycles. The Labute approximate surface area is 218 Å². The van der Waals surface area contributed by atoms with E-state index in [1.54, 1.807) is 25.7 Å². The van der Waals surface area contributed by atoms with Crippen molar-refractivity contribution in [1.82, 2.24) is 15.5 Å². The highest BCUT2D eigenvalue weighted by atomic mass is 16.6. The van der Waals surface area contributed by atoms with Crippen LogP contribution in [0.5, 0.6) is 0 Å². The molecule has 1 rings (SSSR count). The maximum Gasteiger partial charge on any atom is 0.408 e. The van der Waals surface area contributed by atoms with Crippen LogP contribution in [0.25, 0.3) is 0 Å². The van der Waals surface area contributed by atoms with Crippen molar-refractivity contribution in [3.05, 3.63) is 34.9 Å². The number of hydrogen-bond donors (Lipinski definition) is 2. The Bertz CT molecular complexity index is 899. The second-order valence-corrected chi connectivity index (χ2v) is 11.9. The van der Waals surface area contributed by atoms with E-state index in [2.05, 4.69) is 10.6 Å². The number of ether oxygens (including phenoxy) is 1. The third-order valence-corrected chi connectivity index (χ3v) is 6.09. The van der Waals surface area contributed by atoms with Crippen LogP contribution >= 0.6 is 0 Å². The van der Waals surface area contributed by atoms with Gasteiger partial charge in [-0.25, -0.2) is 4.79 Å². The Morgan fingerprint density at radius 2 is 1.61 bits per heavy atom. The minimum Gasteiger partial charge on any atom is -0.444 e. The summed E-state index contributed by atoms with van der Waals surface area (Å²) in [7, 11) is 0. The van der Waals surface area contributed by atoms with Gasteiger partial charge in [-0.3, -0.25) is 9.59 Å². The maximum atomic E-state index is 14.2. The lowest BCUT2D eigenvalue weighted by atomic mass is 9.94. The Balaban J connectivity index is 3.58. The van der Waals surface area contributed by atoms with Crippen LogP contribution in [0.2, 0.25) is 0 Å². The van der Waals surface area contributed by atoms with Crippen molar-refractivity contribution >= 4 is 17.9 Å². The van der Waals surface area contributed by atoms with E-state index >= 15 is 0 Å². The minimum absolute atomic E-state index is 0.153. The number of nitrogens with one attached hydrogen (secondary N) is 2. The van der Waals surface area contributed by atoms with Crippen LogP contribution in [0.1, 0.15) is 104 Å². The summed E-state index contributed by atoms with van der Waals surface area (Å²) in [6.07, 6.45) is 1.63. The first-order valence-electron chi connectivity index (χ1n) is 13.2. The molecule has 0 saturated heterocycles. The highest BCUT2D eigenvalue weighted by molar-refractivity contribution is 5.92. The Kier molecular flexibility index (Phi) is 11.5. The number of carbonyl (C=O) groups excluding carboxylic acids is 3. The zero-order chi connectivity index (χ0) is 27.8. The van der Waals surface area contributed by atoms with Gasteiger partial charge in [-0.05, 0) is 84.4 Å². The molecule has 2 N–H and O–H groups in total. The van der Waals surface area contributed by atoms with Gasteiger partial charge in [0.1, 0.15) is 17.7 Å². The molecule has 3 atom stereocenters. The van der Waals surface area contributed by atoms with E-state index in [1.807, 2.05) is 73.6 Å². The predicted molar refractivity (Wildman–Crippen MR) is 146 cm³/mol. The average Bonchev–Trinajstić information content (AvgIpc) is 2.73. The molecule has 0 bridgehead atoms. The number of amides is 3. The number of hydrogen-bond acceptors (Lipinski definition) is 4. The van der Waals surface area contributed by atoms with Gasteiger partial charge >= 0.3 is 6.09 Å². The molecule has 0 aliphatic rings. The molecule has 3 unspecified atom stereocenters. The van der Waals surface area contributed by atoms with Gasteiger partial charge in [0, 0.05) is 12.1 Å². The molecule has 3 amide bonds. The summed E-state index contributed by atoms with van der Waals surface area (Å²) in [4.78, 5) is 42.2. The second-order valence-electron chi connectivity index (χ2n) is 11.9. The first-order valence-corrected chi connectivity index (χ1v) is 13.2. The van der Waals surface area contributed by atoms with Gasteiger partial charge < -0.3 is 20.3 Å². The van der Waals surface area contributed by atoms with Crippen molar-refractivity contribution < 1.29 is 19.1 Å². The quantitative estimate of drug-likeness (QED) is 0.421. The number of unbranched alkanes of at least 4 members (excludes halogenated alkanes) is 1. The lowest BCUT2D eigenvalue weighted by molar-refractivity contribution is -0.144. The first-order chi connectivity index (χ1) is 16.5. The molecule has 0 fully saturated rings. The van der Waals surface area contributed by atoms with E-state index in [1.165, 1.54) is 0 Å². The third-order valence-electron chi connectivity index (χ3n) is 6.09. The lowest BCUT2D eigenvalue weighted by Crippen LogP contribution is -2.56. The summed E-state index contributed by atoms with van der Waals surface area (Å²) < 4.78 is 5.46. The maximum absolute atomic E-state index is 14.2. The monoisotopic (exact) mass is 503 g/mol. The number of benzene rings is 1. The number of rotatable bonds is 10. The van der Waals surface area contributed by atoms with Crippen LogP contribution in [-0.2, 0) is 14.3 Å². The zero-order valence-corrected chi connectivity index (χ0v) is 24.4. The minimum atomic E-state index is -0.824. The van der Waals surface area contributed by atoms with Gasteiger partial charge in [-0.15, -0.1) is 0 Å². The Morgan fingerprint density at radius 1 is 1.00 bits per heavy atom. The van der Waals surface area contributed by atoms with Crippen molar-refractivity contribution in [1.29, 1.82) is 0 Å². The topological polar surface area (TPSA) is 87.7 Å². The molecule has 7 nitrogen and oxygen atoms in total. The van der Waals surface area contributed by atoms with Crippen LogP contribution in [0.3, 0.4) is 0 Å². The molecule has 0 aliphatic carbocycles. The SMILES string of the molecule is CCCCN(C(=O)C(NC(=O)OC(C)(C)C)C(C)CC)C(C(=O)NC(C)(C)C)c1ccc(C)c(C)c1. The summed E-state index contributed by atoms with van der Waals surface area (Å²) >= 11 is 0. The van der Waals surface area contributed by atoms with Crippen molar-refractivity contribution in [2.75, 3.05) is 6.54 Å². The summed E-state index contributed by atoms with van der Waals surface area (Å²) in [6.45, 7) is 21.5. The van der Waals surface area contributed by atoms with Crippen LogP contribution < -0.4 is 10.6 Å². The van der Waals surface area contributed by atoms with Gasteiger partial charge in [-0.2, -0.15) is 0 Å².